The van der Waals surface area contributed by atoms with Crippen LogP contribution in [0.5, 0.6) is 6.01 Å². The predicted molar refractivity (Wildman–Crippen MR) is 86.2 cm³/mol. The quantitative estimate of drug-likeness (QED) is 0.848. The lowest BCUT2D eigenvalue weighted by Crippen LogP contribution is -2.21. The molecule has 2 heterocycles. The fourth-order valence-electron chi connectivity index (χ4n) is 1.72. The van der Waals surface area contributed by atoms with Gasteiger partial charge in [0.2, 0.25) is 11.9 Å². The molecule has 0 radical (unpaired) electrons. The molecule has 0 aliphatic carbocycles. The summed E-state index contributed by atoms with van der Waals surface area (Å²) >= 11 is 1.72. The van der Waals surface area contributed by atoms with E-state index in [0.717, 1.165) is 13.1 Å². The first-order valence-electron chi connectivity index (χ1n) is 6.98. The Bertz CT molecular complexity index is 558. The molecule has 0 saturated carbocycles. The Hall–Kier alpha value is -1.89. The summed E-state index contributed by atoms with van der Waals surface area (Å²) in [5, 5.41) is 5.17. The van der Waals surface area contributed by atoms with Crippen molar-refractivity contribution in [2.24, 2.45) is 0 Å². The van der Waals surface area contributed by atoms with E-state index in [2.05, 4.69) is 31.7 Å². The standard InChI is InChI=1S/C14H21N5OS/c1-5-15-12-16-13(18-14(17-12)20-10(2)3)19(4)9-11-7-6-8-21-11/h6-8,10H,5,9H2,1-4H3,(H,15,16,17,18). The largest absolute Gasteiger partial charge is 0.461 e. The maximum atomic E-state index is 5.60. The highest BCUT2D eigenvalue weighted by atomic mass is 32.1. The molecule has 0 unspecified atom stereocenters. The maximum Gasteiger partial charge on any atom is 0.323 e. The second-order valence-corrected chi connectivity index (χ2v) is 5.91. The van der Waals surface area contributed by atoms with Gasteiger partial charge in [-0.2, -0.15) is 15.0 Å². The average Bonchev–Trinajstić information content (AvgIpc) is 2.91. The first-order chi connectivity index (χ1) is 10.1. The summed E-state index contributed by atoms with van der Waals surface area (Å²) in [6, 6.07) is 4.49. The Morgan fingerprint density at radius 2 is 2.14 bits per heavy atom. The molecule has 0 atom stereocenters. The minimum Gasteiger partial charge on any atom is -0.461 e. The molecule has 0 aliphatic heterocycles. The van der Waals surface area contributed by atoms with Crippen LogP contribution in [0.3, 0.4) is 0 Å². The van der Waals surface area contributed by atoms with Crippen LogP contribution in [0.4, 0.5) is 11.9 Å². The average molecular weight is 307 g/mol. The summed E-state index contributed by atoms with van der Waals surface area (Å²) in [5.74, 6) is 1.14. The van der Waals surface area contributed by atoms with Gasteiger partial charge in [-0.05, 0) is 32.2 Å². The van der Waals surface area contributed by atoms with E-state index in [4.69, 9.17) is 4.74 Å². The van der Waals surface area contributed by atoms with Gasteiger partial charge in [0.25, 0.3) is 0 Å². The highest BCUT2D eigenvalue weighted by molar-refractivity contribution is 7.09. The van der Waals surface area contributed by atoms with E-state index in [9.17, 15) is 0 Å². The van der Waals surface area contributed by atoms with Gasteiger partial charge in [0, 0.05) is 18.5 Å². The van der Waals surface area contributed by atoms with Crippen molar-refractivity contribution < 1.29 is 4.74 Å². The van der Waals surface area contributed by atoms with Gasteiger partial charge in [-0.3, -0.25) is 0 Å². The molecule has 21 heavy (non-hydrogen) atoms. The van der Waals surface area contributed by atoms with Crippen LogP contribution in [0.2, 0.25) is 0 Å². The zero-order valence-corrected chi connectivity index (χ0v) is 13.6. The monoisotopic (exact) mass is 307 g/mol. The molecule has 2 rings (SSSR count). The first-order valence-corrected chi connectivity index (χ1v) is 7.86. The number of aromatic nitrogens is 3. The van der Waals surface area contributed by atoms with Crippen LogP contribution in [-0.4, -0.2) is 34.6 Å². The smallest absolute Gasteiger partial charge is 0.323 e. The Morgan fingerprint density at radius 3 is 2.76 bits per heavy atom. The third-order valence-corrected chi connectivity index (χ3v) is 3.45. The molecular weight excluding hydrogens is 286 g/mol. The van der Waals surface area contributed by atoms with Crippen molar-refractivity contribution in [3.8, 4) is 6.01 Å². The lowest BCUT2D eigenvalue weighted by molar-refractivity contribution is 0.222. The minimum absolute atomic E-state index is 0.0253. The van der Waals surface area contributed by atoms with Gasteiger partial charge in [-0.25, -0.2) is 0 Å². The van der Waals surface area contributed by atoms with Gasteiger partial charge in [-0.15, -0.1) is 11.3 Å². The van der Waals surface area contributed by atoms with Crippen molar-refractivity contribution in [3.05, 3.63) is 22.4 Å². The summed E-state index contributed by atoms with van der Waals surface area (Å²) in [5.41, 5.74) is 0. The SMILES string of the molecule is CCNc1nc(OC(C)C)nc(N(C)Cc2cccs2)n1. The number of nitrogens with zero attached hydrogens (tertiary/aromatic N) is 4. The Kier molecular flexibility index (Phi) is 5.32. The van der Waals surface area contributed by atoms with Gasteiger partial charge in [0.15, 0.2) is 0 Å². The fraction of sp³-hybridized carbons (Fsp3) is 0.500. The summed E-state index contributed by atoms with van der Waals surface area (Å²) in [7, 11) is 1.96. The summed E-state index contributed by atoms with van der Waals surface area (Å²) < 4.78 is 5.60. The van der Waals surface area contributed by atoms with Crippen LogP contribution < -0.4 is 15.0 Å². The number of thiophene rings is 1. The zero-order valence-electron chi connectivity index (χ0n) is 12.8. The lowest BCUT2D eigenvalue weighted by atomic mass is 10.4. The zero-order chi connectivity index (χ0) is 15.2. The van der Waals surface area contributed by atoms with Crippen LogP contribution in [-0.2, 0) is 6.54 Å². The van der Waals surface area contributed by atoms with E-state index in [1.54, 1.807) is 11.3 Å². The molecule has 0 amide bonds. The topological polar surface area (TPSA) is 63.2 Å². The van der Waals surface area contributed by atoms with Crippen molar-refractivity contribution in [3.63, 3.8) is 0 Å². The normalized spacial score (nSPS) is 10.7. The maximum absolute atomic E-state index is 5.60. The van der Waals surface area contributed by atoms with Gasteiger partial charge in [-0.1, -0.05) is 6.07 Å². The van der Waals surface area contributed by atoms with Crippen LogP contribution in [0.25, 0.3) is 0 Å². The summed E-state index contributed by atoms with van der Waals surface area (Å²) in [4.78, 5) is 16.3. The molecule has 0 fully saturated rings. The van der Waals surface area contributed by atoms with Crippen molar-refractivity contribution in [2.75, 3.05) is 23.8 Å². The van der Waals surface area contributed by atoms with Crippen molar-refractivity contribution in [2.45, 2.75) is 33.4 Å². The number of rotatable bonds is 7. The molecule has 1 N–H and O–H groups in total. The second kappa shape index (κ2) is 7.21. The van der Waals surface area contributed by atoms with Gasteiger partial charge >= 0.3 is 6.01 Å². The lowest BCUT2D eigenvalue weighted by Gasteiger charge is -2.18. The van der Waals surface area contributed by atoms with Gasteiger partial charge in [0.05, 0.1) is 12.6 Å². The predicted octanol–water partition coefficient (Wildman–Crippen LogP) is 2.79. The molecule has 0 spiro atoms. The van der Waals surface area contributed by atoms with Crippen LogP contribution in [0.1, 0.15) is 25.6 Å². The van der Waals surface area contributed by atoms with Crippen LogP contribution in [0, 0.1) is 0 Å². The summed E-state index contributed by atoms with van der Waals surface area (Å²) in [6.07, 6.45) is 0.0253. The van der Waals surface area contributed by atoms with E-state index < -0.39 is 0 Å². The molecule has 0 aromatic carbocycles. The number of nitrogens with one attached hydrogen (secondary N) is 1. The molecule has 0 bridgehead atoms. The van der Waals surface area contributed by atoms with E-state index in [0.29, 0.717) is 17.9 Å². The molecule has 0 saturated heterocycles. The molecule has 2 aromatic heterocycles. The highest BCUT2D eigenvalue weighted by Gasteiger charge is 2.12. The third-order valence-electron chi connectivity index (χ3n) is 2.59. The van der Waals surface area contributed by atoms with E-state index >= 15 is 0 Å². The van der Waals surface area contributed by atoms with E-state index in [-0.39, 0.29) is 6.10 Å². The molecule has 7 heteroatoms. The molecule has 6 nitrogen and oxygen atoms in total. The van der Waals surface area contributed by atoms with Crippen LogP contribution in [0.15, 0.2) is 17.5 Å². The number of hydrogen-bond acceptors (Lipinski definition) is 7. The Morgan fingerprint density at radius 1 is 1.33 bits per heavy atom. The van der Waals surface area contributed by atoms with Gasteiger partial charge in [0.1, 0.15) is 0 Å². The van der Waals surface area contributed by atoms with Crippen molar-refractivity contribution in [1.29, 1.82) is 0 Å². The number of hydrogen-bond donors (Lipinski definition) is 1. The first kappa shape index (κ1) is 15.5. The van der Waals surface area contributed by atoms with E-state index in [1.165, 1.54) is 4.88 Å². The van der Waals surface area contributed by atoms with Crippen molar-refractivity contribution in [1.82, 2.24) is 15.0 Å². The third kappa shape index (κ3) is 4.56. The molecule has 0 aliphatic rings. The Balaban J connectivity index is 2.21. The van der Waals surface area contributed by atoms with Crippen molar-refractivity contribution >= 4 is 23.2 Å². The van der Waals surface area contributed by atoms with E-state index in [1.807, 2.05) is 38.8 Å². The number of anilines is 2. The highest BCUT2D eigenvalue weighted by Crippen LogP contribution is 2.18. The molecular formula is C14H21N5OS. The minimum atomic E-state index is 0.0253. The summed E-state index contributed by atoms with van der Waals surface area (Å²) in [6.45, 7) is 7.41. The van der Waals surface area contributed by atoms with Crippen LogP contribution >= 0.6 is 11.3 Å². The van der Waals surface area contributed by atoms with Gasteiger partial charge < -0.3 is 15.0 Å². The molecule has 114 valence electrons. The molecule has 2 aromatic rings. The number of ether oxygens (including phenoxy) is 1. The Labute approximate surface area is 129 Å². The fourth-order valence-corrected chi connectivity index (χ4v) is 2.48. The second-order valence-electron chi connectivity index (χ2n) is 4.87.